The lowest BCUT2D eigenvalue weighted by Crippen LogP contribution is -2.14. The van der Waals surface area contributed by atoms with Gasteiger partial charge in [-0.3, -0.25) is 4.79 Å². The van der Waals surface area contributed by atoms with E-state index in [-0.39, 0.29) is 5.92 Å². The summed E-state index contributed by atoms with van der Waals surface area (Å²) in [6.07, 6.45) is 39.9. The number of hydrogen-bond acceptors (Lipinski definition) is 1. The van der Waals surface area contributed by atoms with Gasteiger partial charge in [0, 0.05) is 0 Å². The van der Waals surface area contributed by atoms with Crippen molar-refractivity contribution in [1.29, 1.82) is 0 Å². The van der Waals surface area contributed by atoms with E-state index in [2.05, 4.69) is 27.7 Å². The second-order valence-electron chi connectivity index (χ2n) is 13.8. The number of carbonyl (C=O) groups is 1. The molecule has 0 radical (unpaired) electrons. The van der Waals surface area contributed by atoms with Gasteiger partial charge >= 0.3 is 5.97 Å². The van der Waals surface area contributed by atoms with Gasteiger partial charge < -0.3 is 5.11 Å². The maximum Gasteiger partial charge on any atom is 0.306 e. The topological polar surface area (TPSA) is 37.3 Å². The minimum Gasteiger partial charge on any atom is -0.481 e. The molecule has 0 amide bonds. The van der Waals surface area contributed by atoms with Gasteiger partial charge in [-0.2, -0.15) is 0 Å². The van der Waals surface area contributed by atoms with Crippen LogP contribution in [0.25, 0.3) is 0 Å². The van der Waals surface area contributed by atoms with E-state index in [0.29, 0.717) is 0 Å². The first kappa shape index (κ1) is 39.5. The Kier molecular flexibility index (Phi) is 31.0. The minimum atomic E-state index is -0.558. The predicted octanol–water partition coefficient (Wildman–Crippen LogP) is 13.7. The summed E-state index contributed by atoms with van der Waals surface area (Å²) in [6, 6.07) is 0. The largest absolute Gasteiger partial charge is 0.481 e. The van der Waals surface area contributed by atoms with E-state index in [1.54, 1.807) is 0 Å². The Balaban J connectivity index is 3.59. The quantitative estimate of drug-likeness (QED) is 0.0805. The Hall–Kier alpha value is -0.530. The maximum atomic E-state index is 11.8. The molecular formula is C38H76O2. The molecule has 0 heterocycles. The van der Waals surface area contributed by atoms with Crippen molar-refractivity contribution < 1.29 is 9.90 Å². The fourth-order valence-corrected chi connectivity index (χ4v) is 6.42. The lowest BCUT2D eigenvalue weighted by molar-refractivity contribution is -0.142. The number of carboxylic acid groups (broad SMARTS) is 1. The van der Waals surface area contributed by atoms with E-state index in [9.17, 15) is 9.90 Å². The monoisotopic (exact) mass is 565 g/mol. The highest BCUT2D eigenvalue weighted by Gasteiger charge is 2.17. The number of unbranched alkanes of at least 4 members (excludes halogenated alkanes) is 20. The first-order valence-electron chi connectivity index (χ1n) is 18.7. The molecule has 40 heavy (non-hydrogen) atoms. The SMILES string of the molecule is CCCCCCCCCCCCCCCCCCC(CCCC(C)CCCC(C)CCCCCCCC)C(=O)O. The van der Waals surface area contributed by atoms with Gasteiger partial charge in [0.1, 0.15) is 0 Å². The number of hydrogen-bond donors (Lipinski definition) is 1. The van der Waals surface area contributed by atoms with Gasteiger partial charge in [0.25, 0.3) is 0 Å². The Morgan fingerprint density at radius 1 is 0.400 bits per heavy atom. The van der Waals surface area contributed by atoms with Crippen molar-refractivity contribution in [3.05, 3.63) is 0 Å². The third-order valence-electron chi connectivity index (χ3n) is 9.45. The Labute approximate surface area is 253 Å². The van der Waals surface area contributed by atoms with Crippen molar-refractivity contribution in [2.75, 3.05) is 0 Å². The van der Waals surface area contributed by atoms with Crippen molar-refractivity contribution in [3.63, 3.8) is 0 Å². The second-order valence-corrected chi connectivity index (χ2v) is 13.8. The molecule has 3 atom stereocenters. The fraction of sp³-hybridized carbons (Fsp3) is 0.974. The van der Waals surface area contributed by atoms with E-state index in [0.717, 1.165) is 37.5 Å². The van der Waals surface area contributed by atoms with Crippen LogP contribution in [0, 0.1) is 17.8 Å². The molecule has 0 spiro atoms. The van der Waals surface area contributed by atoms with Crippen molar-refractivity contribution in [3.8, 4) is 0 Å². The minimum absolute atomic E-state index is 0.115. The zero-order valence-electron chi connectivity index (χ0n) is 28.3. The van der Waals surface area contributed by atoms with Crippen LogP contribution >= 0.6 is 0 Å². The maximum absolute atomic E-state index is 11.8. The second kappa shape index (κ2) is 31.4. The highest BCUT2D eigenvalue weighted by atomic mass is 16.4. The molecule has 0 aromatic heterocycles. The molecule has 1 N–H and O–H groups in total. The van der Waals surface area contributed by atoms with E-state index >= 15 is 0 Å². The van der Waals surface area contributed by atoms with Crippen LogP contribution in [0.2, 0.25) is 0 Å². The molecule has 0 aromatic rings. The zero-order chi connectivity index (χ0) is 29.5. The van der Waals surface area contributed by atoms with Crippen LogP contribution in [-0.4, -0.2) is 11.1 Å². The van der Waals surface area contributed by atoms with Gasteiger partial charge in [-0.15, -0.1) is 0 Å². The molecule has 3 unspecified atom stereocenters. The summed E-state index contributed by atoms with van der Waals surface area (Å²) in [5.41, 5.74) is 0. The molecule has 0 bridgehead atoms. The fourth-order valence-electron chi connectivity index (χ4n) is 6.42. The highest BCUT2D eigenvalue weighted by molar-refractivity contribution is 5.69. The van der Waals surface area contributed by atoms with Crippen molar-refractivity contribution in [1.82, 2.24) is 0 Å². The van der Waals surface area contributed by atoms with Crippen LogP contribution in [0.15, 0.2) is 0 Å². The number of carboxylic acids is 1. The van der Waals surface area contributed by atoms with Crippen LogP contribution in [0.5, 0.6) is 0 Å². The number of aliphatic carboxylic acids is 1. The summed E-state index contributed by atoms with van der Waals surface area (Å²) in [7, 11) is 0. The molecule has 240 valence electrons. The molecule has 0 fully saturated rings. The summed E-state index contributed by atoms with van der Waals surface area (Å²) in [5.74, 6) is 0.939. The summed E-state index contributed by atoms with van der Waals surface area (Å²) >= 11 is 0. The van der Waals surface area contributed by atoms with E-state index in [1.165, 1.54) is 167 Å². The first-order chi connectivity index (χ1) is 19.5. The van der Waals surface area contributed by atoms with Gasteiger partial charge in [-0.05, 0) is 24.7 Å². The lowest BCUT2D eigenvalue weighted by atomic mass is 9.90. The molecule has 0 saturated carbocycles. The third-order valence-corrected chi connectivity index (χ3v) is 9.45. The molecule has 0 aliphatic carbocycles. The van der Waals surface area contributed by atoms with Crippen molar-refractivity contribution in [2.24, 2.45) is 17.8 Å². The van der Waals surface area contributed by atoms with Crippen LogP contribution in [0.4, 0.5) is 0 Å². The summed E-state index contributed by atoms with van der Waals surface area (Å²) in [6.45, 7) is 9.39. The summed E-state index contributed by atoms with van der Waals surface area (Å²) in [5, 5.41) is 9.70. The third kappa shape index (κ3) is 29.0. The normalized spacial score (nSPS) is 13.9. The van der Waals surface area contributed by atoms with Crippen molar-refractivity contribution in [2.45, 2.75) is 220 Å². The average molecular weight is 565 g/mol. The molecule has 2 heteroatoms. The van der Waals surface area contributed by atoms with E-state index < -0.39 is 5.97 Å². The van der Waals surface area contributed by atoms with Gasteiger partial charge in [-0.25, -0.2) is 0 Å². The standard InChI is InChI=1S/C38H76O2/c1-5-7-9-11-13-14-15-16-17-18-19-20-21-22-24-26-33-37(38(39)40)34-28-32-36(4)31-27-30-35(3)29-25-23-12-10-8-6-2/h35-37H,5-34H2,1-4H3,(H,39,40). The lowest BCUT2D eigenvalue weighted by Gasteiger charge is -2.16. The van der Waals surface area contributed by atoms with Gasteiger partial charge in [0.15, 0.2) is 0 Å². The van der Waals surface area contributed by atoms with Gasteiger partial charge in [-0.1, -0.05) is 207 Å². The average Bonchev–Trinajstić information content (AvgIpc) is 2.93. The summed E-state index contributed by atoms with van der Waals surface area (Å²) in [4.78, 5) is 11.8. The smallest absolute Gasteiger partial charge is 0.306 e. The van der Waals surface area contributed by atoms with Crippen LogP contribution in [0.3, 0.4) is 0 Å². The first-order valence-corrected chi connectivity index (χ1v) is 18.7. The molecule has 0 aliphatic rings. The van der Waals surface area contributed by atoms with Crippen LogP contribution in [0.1, 0.15) is 220 Å². The van der Waals surface area contributed by atoms with Gasteiger partial charge in [0.2, 0.25) is 0 Å². The molecule has 0 aromatic carbocycles. The van der Waals surface area contributed by atoms with E-state index in [1.807, 2.05) is 0 Å². The van der Waals surface area contributed by atoms with Crippen LogP contribution < -0.4 is 0 Å². The molecular weight excluding hydrogens is 488 g/mol. The van der Waals surface area contributed by atoms with E-state index in [4.69, 9.17) is 0 Å². The van der Waals surface area contributed by atoms with Crippen LogP contribution in [-0.2, 0) is 4.79 Å². The molecule has 0 rings (SSSR count). The zero-order valence-corrected chi connectivity index (χ0v) is 28.3. The highest BCUT2D eigenvalue weighted by Crippen LogP contribution is 2.24. The Morgan fingerprint density at radius 2 is 0.650 bits per heavy atom. The summed E-state index contributed by atoms with van der Waals surface area (Å²) < 4.78 is 0. The van der Waals surface area contributed by atoms with Gasteiger partial charge in [0.05, 0.1) is 5.92 Å². The Morgan fingerprint density at radius 3 is 1.00 bits per heavy atom. The van der Waals surface area contributed by atoms with Crippen molar-refractivity contribution >= 4 is 5.97 Å². The molecule has 0 saturated heterocycles. The molecule has 0 aliphatic heterocycles. The predicted molar refractivity (Wildman–Crippen MR) is 179 cm³/mol. The molecule has 2 nitrogen and oxygen atoms in total. The Bertz CT molecular complexity index is 502. The number of rotatable bonds is 33.